The number of anilines is 1. The van der Waals surface area contributed by atoms with Gasteiger partial charge in [-0.1, -0.05) is 6.92 Å². The first kappa shape index (κ1) is 20.9. The van der Waals surface area contributed by atoms with Crippen LogP contribution in [0.5, 0.6) is 0 Å². The Hall–Kier alpha value is -3.02. The SMILES string of the molecule is CC1C[C@@H]2[C@@H]3CC[C@H](CN2c2nc(F)nc4c(F)cc(C#N)c1c24)N3C(=O)OC(C)(C)C. The zero-order chi connectivity index (χ0) is 22.9. The number of halogens is 2. The number of aromatic nitrogens is 2. The highest BCUT2D eigenvalue weighted by Crippen LogP contribution is 2.47. The summed E-state index contributed by atoms with van der Waals surface area (Å²) < 4.78 is 34.9. The molecule has 2 fully saturated rings. The van der Waals surface area contributed by atoms with E-state index in [9.17, 15) is 18.8 Å². The third-order valence-corrected chi connectivity index (χ3v) is 6.80. The Labute approximate surface area is 185 Å². The van der Waals surface area contributed by atoms with Crippen LogP contribution in [0, 0.1) is 23.2 Å². The summed E-state index contributed by atoms with van der Waals surface area (Å²) in [4.78, 5) is 24.7. The molecular weight excluding hydrogens is 416 g/mol. The number of nitriles is 1. The normalized spacial score (nSPS) is 26.5. The van der Waals surface area contributed by atoms with Crippen LogP contribution in [-0.2, 0) is 4.74 Å². The second kappa shape index (κ2) is 6.99. The number of fused-ring (bicyclic) bond motifs is 5. The molecular formula is C23H25F2N5O2. The first-order valence-corrected chi connectivity index (χ1v) is 11.0. The molecule has 0 aliphatic carbocycles. The van der Waals surface area contributed by atoms with E-state index in [4.69, 9.17) is 4.74 Å². The second-order valence-electron chi connectivity index (χ2n) is 10.0. The largest absolute Gasteiger partial charge is 0.444 e. The quantitative estimate of drug-likeness (QED) is 0.569. The first-order valence-electron chi connectivity index (χ1n) is 11.0. The summed E-state index contributed by atoms with van der Waals surface area (Å²) in [6.07, 6.45) is 0.870. The highest BCUT2D eigenvalue weighted by Gasteiger charge is 2.51. The van der Waals surface area contributed by atoms with Crippen LogP contribution < -0.4 is 4.90 Å². The topological polar surface area (TPSA) is 82.4 Å². The molecule has 0 saturated carbocycles. The fraction of sp³-hybridized carbons (Fsp3) is 0.565. The minimum absolute atomic E-state index is 0.101. The van der Waals surface area contributed by atoms with Crippen molar-refractivity contribution < 1.29 is 18.3 Å². The van der Waals surface area contributed by atoms with Gasteiger partial charge in [0.15, 0.2) is 5.82 Å². The first-order chi connectivity index (χ1) is 15.1. The summed E-state index contributed by atoms with van der Waals surface area (Å²) in [7, 11) is 0. The molecule has 4 heterocycles. The van der Waals surface area contributed by atoms with Gasteiger partial charge in [0.05, 0.1) is 35.1 Å². The van der Waals surface area contributed by atoms with Gasteiger partial charge in [-0.05, 0) is 57.6 Å². The van der Waals surface area contributed by atoms with Crippen LogP contribution in [0.25, 0.3) is 10.9 Å². The number of carbonyl (C=O) groups is 1. The van der Waals surface area contributed by atoms with Gasteiger partial charge in [0.1, 0.15) is 16.9 Å². The molecule has 4 atom stereocenters. The molecule has 2 saturated heterocycles. The maximum Gasteiger partial charge on any atom is 0.410 e. The van der Waals surface area contributed by atoms with E-state index in [0.29, 0.717) is 29.7 Å². The number of hydrogen-bond donors (Lipinski definition) is 0. The third kappa shape index (κ3) is 3.07. The Balaban J connectivity index is 1.66. The average Bonchev–Trinajstić information content (AvgIpc) is 2.97. The smallest absolute Gasteiger partial charge is 0.410 e. The monoisotopic (exact) mass is 441 g/mol. The lowest BCUT2D eigenvalue weighted by Crippen LogP contribution is -2.62. The van der Waals surface area contributed by atoms with Crippen molar-refractivity contribution in [3.05, 3.63) is 29.1 Å². The van der Waals surface area contributed by atoms with Crippen molar-refractivity contribution in [3.63, 3.8) is 0 Å². The Morgan fingerprint density at radius 3 is 2.69 bits per heavy atom. The zero-order valence-electron chi connectivity index (χ0n) is 18.5. The van der Waals surface area contributed by atoms with E-state index >= 15 is 0 Å². The van der Waals surface area contributed by atoms with Gasteiger partial charge in [-0.15, -0.1) is 0 Å². The van der Waals surface area contributed by atoms with E-state index < -0.39 is 17.5 Å². The van der Waals surface area contributed by atoms with Gasteiger partial charge in [0.2, 0.25) is 0 Å². The molecule has 1 amide bonds. The van der Waals surface area contributed by atoms with Gasteiger partial charge < -0.3 is 9.64 Å². The van der Waals surface area contributed by atoms with Gasteiger partial charge in [0.25, 0.3) is 0 Å². The van der Waals surface area contributed by atoms with Crippen molar-refractivity contribution >= 4 is 22.8 Å². The predicted molar refractivity (Wildman–Crippen MR) is 113 cm³/mol. The molecule has 32 heavy (non-hydrogen) atoms. The average molecular weight is 441 g/mol. The van der Waals surface area contributed by atoms with Gasteiger partial charge >= 0.3 is 12.2 Å². The molecule has 168 valence electrons. The molecule has 3 aliphatic heterocycles. The predicted octanol–water partition coefficient (Wildman–Crippen LogP) is 4.24. The Kier molecular flexibility index (Phi) is 4.56. The number of benzene rings is 1. The van der Waals surface area contributed by atoms with Crippen molar-refractivity contribution in [1.82, 2.24) is 14.9 Å². The maximum absolute atomic E-state index is 14.8. The van der Waals surface area contributed by atoms with Crippen LogP contribution >= 0.6 is 0 Å². The lowest BCUT2D eigenvalue weighted by Gasteiger charge is -2.47. The van der Waals surface area contributed by atoms with Crippen molar-refractivity contribution in [2.45, 2.75) is 76.6 Å². The molecule has 1 aromatic carbocycles. The molecule has 9 heteroatoms. The van der Waals surface area contributed by atoms with E-state index in [-0.39, 0.29) is 41.2 Å². The third-order valence-electron chi connectivity index (χ3n) is 6.80. The highest BCUT2D eigenvalue weighted by atomic mass is 19.1. The van der Waals surface area contributed by atoms with Gasteiger partial charge in [0, 0.05) is 6.54 Å². The van der Waals surface area contributed by atoms with Crippen LogP contribution in [0.4, 0.5) is 19.4 Å². The van der Waals surface area contributed by atoms with Crippen molar-refractivity contribution in [1.29, 1.82) is 5.26 Å². The number of piperazine rings is 1. The van der Waals surface area contributed by atoms with Gasteiger partial charge in [-0.25, -0.2) is 9.18 Å². The Bertz CT molecular complexity index is 1170. The Morgan fingerprint density at radius 2 is 2.00 bits per heavy atom. The summed E-state index contributed by atoms with van der Waals surface area (Å²) in [6, 6.07) is 2.82. The number of carbonyl (C=O) groups excluding carboxylic acids is 1. The molecule has 2 aromatic rings. The summed E-state index contributed by atoms with van der Waals surface area (Å²) in [5.74, 6) is -0.550. The van der Waals surface area contributed by atoms with E-state index in [0.717, 1.165) is 18.9 Å². The summed E-state index contributed by atoms with van der Waals surface area (Å²) in [6.45, 7) is 7.93. The van der Waals surface area contributed by atoms with Crippen molar-refractivity contribution in [3.8, 4) is 6.07 Å². The molecule has 7 nitrogen and oxygen atoms in total. The van der Waals surface area contributed by atoms with Crippen LogP contribution in [0.1, 0.15) is 64.0 Å². The van der Waals surface area contributed by atoms with E-state index in [1.54, 1.807) is 0 Å². The molecule has 3 aliphatic rings. The fourth-order valence-electron chi connectivity index (χ4n) is 5.71. The molecule has 1 aromatic heterocycles. The molecule has 1 unspecified atom stereocenters. The maximum atomic E-state index is 14.8. The molecule has 0 N–H and O–H groups in total. The van der Waals surface area contributed by atoms with Crippen LogP contribution in [-0.4, -0.2) is 51.2 Å². The number of amides is 1. The second-order valence-corrected chi connectivity index (χ2v) is 10.0. The standard InChI is InChI=1S/C23H25F2N5O2/c1-11-7-16-15-6-5-13(30(15)22(31)32-23(2,3)4)10-29(16)20-18-17(11)12(9-26)8-14(24)19(18)27-21(25)28-20/h8,11,13,15-16H,5-7,10H2,1-4H3/t11?,13-,15+,16-/m1/s1. The Morgan fingerprint density at radius 1 is 1.25 bits per heavy atom. The number of rotatable bonds is 0. The van der Waals surface area contributed by atoms with E-state index in [1.165, 1.54) is 0 Å². The lowest BCUT2D eigenvalue weighted by molar-refractivity contribution is 0.00693. The minimum atomic E-state index is -1.00. The minimum Gasteiger partial charge on any atom is -0.444 e. The van der Waals surface area contributed by atoms with Gasteiger partial charge in [-0.3, -0.25) is 4.90 Å². The molecule has 0 spiro atoms. The molecule has 2 bridgehead atoms. The van der Waals surface area contributed by atoms with Crippen LogP contribution in [0.2, 0.25) is 0 Å². The van der Waals surface area contributed by atoms with E-state index in [1.807, 2.05) is 37.5 Å². The van der Waals surface area contributed by atoms with Gasteiger partial charge in [-0.2, -0.15) is 19.6 Å². The lowest BCUT2D eigenvalue weighted by atomic mass is 9.87. The fourth-order valence-corrected chi connectivity index (χ4v) is 5.71. The number of nitrogens with zero attached hydrogens (tertiary/aromatic N) is 5. The highest BCUT2D eigenvalue weighted by molar-refractivity contribution is 5.95. The van der Waals surface area contributed by atoms with Crippen LogP contribution in [0.3, 0.4) is 0 Å². The molecule has 5 rings (SSSR count). The van der Waals surface area contributed by atoms with E-state index in [2.05, 4.69) is 16.0 Å². The van der Waals surface area contributed by atoms with Crippen LogP contribution in [0.15, 0.2) is 6.07 Å². The summed E-state index contributed by atoms with van der Waals surface area (Å²) in [5.41, 5.74) is 0.152. The zero-order valence-corrected chi connectivity index (χ0v) is 18.5. The number of hydrogen-bond acceptors (Lipinski definition) is 6. The summed E-state index contributed by atoms with van der Waals surface area (Å²) in [5, 5.41) is 10.1. The summed E-state index contributed by atoms with van der Waals surface area (Å²) >= 11 is 0. The van der Waals surface area contributed by atoms with Crippen molar-refractivity contribution in [2.75, 3.05) is 11.4 Å². The number of ether oxygens (including phenoxy) is 1. The van der Waals surface area contributed by atoms with Crippen molar-refractivity contribution in [2.24, 2.45) is 0 Å². The molecule has 0 radical (unpaired) electrons.